The molecule has 0 aliphatic heterocycles. The van der Waals surface area contributed by atoms with Crippen molar-refractivity contribution in [2.45, 2.75) is 4.90 Å². The molecule has 9 heteroatoms. The molecule has 0 amide bonds. The van der Waals surface area contributed by atoms with E-state index < -0.39 is 38.1 Å². The first-order valence-electron chi connectivity index (χ1n) is 3.78. The molecule has 0 saturated heterocycles. The summed E-state index contributed by atoms with van der Waals surface area (Å²) in [5, 5.41) is 21.1. The molecule has 0 aliphatic carbocycles. The minimum atomic E-state index is -5.00. The van der Waals surface area contributed by atoms with Crippen LogP contribution in [0.2, 0.25) is 0 Å². The van der Waals surface area contributed by atoms with Crippen LogP contribution >= 0.6 is 0 Å². The zero-order chi connectivity index (χ0) is 12.5. The van der Waals surface area contributed by atoms with Crippen LogP contribution in [0.5, 0.6) is 0 Å². The SMILES string of the molecule is O=C([O-])c1cccc(C(=O)[O-])c1S(=O)(=O)O.[Na+]. The van der Waals surface area contributed by atoms with Crippen molar-refractivity contribution in [1.29, 1.82) is 0 Å². The van der Waals surface area contributed by atoms with Gasteiger partial charge in [0.1, 0.15) is 4.90 Å². The number of benzene rings is 1. The van der Waals surface area contributed by atoms with Gasteiger partial charge in [-0.3, -0.25) is 4.55 Å². The molecule has 86 valence electrons. The van der Waals surface area contributed by atoms with E-state index >= 15 is 0 Å². The van der Waals surface area contributed by atoms with Gasteiger partial charge in [-0.25, -0.2) is 0 Å². The maximum Gasteiger partial charge on any atom is 1.00 e. The van der Waals surface area contributed by atoms with Gasteiger partial charge in [0, 0.05) is 11.1 Å². The monoisotopic (exact) mass is 267 g/mol. The Morgan fingerprint density at radius 1 is 1.06 bits per heavy atom. The molecule has 0 fully saturated rings. The van der Waals surface area contributed by atoms with Crippen molar-refractivity contribution < 1.29 is 62.3 Å². The Hall–Kier alpha value is -0.930. The Kier molecular flexibility index (Phi) is 5.30. The Morgan fingerprint density at radius 3 is 1.65 bits per heavy atom. The maximum absolute atomic E-state index is 10.9. The molecule has 0 atom stereocenters. The van der Waals surface area contributed by atoms with E-state index in [2.05, 4.69) is 0 Å². The molecular formula is C8H4NaO7S-. The average molecular weight is 267 g/mol. The molecule has 1 rings (SSSR count). The molecule has 1 aromatic rings. The van der Waals surface area contributed by atoms with E-state index in [-0.39, 0.29) is 29.6 Å². The number of carboxylic acid groups (broad SMARTS) is 2. The standard InChI is InChI=1S/C8H6O7S.Na/c9-7(10)4-2-1-3-5(8(11)12)6(4)16(13,14)15;/h1-3H,(H,9,10)(H,11,12)(H,13,14,15);/q;+1/p-2. The zero-order valence-electron chi connectivity index (χ0n) is 8.54. The molecule has 0 spiro atoms. The zero-order valence-corrected chi connectivity index (χ0v) is 11.4. The van der Waals surface area contributed by atoms with E-state index in [1.165, 1.54) is 0 Å². The van der Waals surface area contributed by atoms with Crippen LogP contribution < -0.4 is 39.8 Å². The summed E-state index contributed by atoms with van der Waals surface area (Å²) in [6.45, 7) is 0. The van der Waals surface area contributed by atoms with Crippen LogP contribution in [0.25, 0.3) is 0 Å². The van der Waals surface area contributed by atoms with Gasteiger partial charge < -0.3 is 19.8 Å². The van der Waals surface area contributed by atoms with Crippen molar-refractivity contribution in [2.75, 3.05) is 0 Å². The second kappa shape index (κ2) is 5.61. The fraction of sp³-hybridized carbons (Fsp3) is 0. The topological polar surface area (TPSA) is 135 Å². The Morgan fingerprint density at radius 2 is 1.41 bits per heavy atom. The van der Waals surface area contributed by atoms with E-state index in [4.69, 9.17) is 4.55 Å². The van der Waals surface area contributed by atoms with Crippen LogP contribution in [-0.2, 0) is 10.1 Å². The molecule has 0 unspecified atom stereocenters. The van der Waals surface area contributed by atoms with Gasteiger partial charge >= 0.3 is 29.6 Å². The predicted octanol–water partition coefficient (Wildman–Crippen LogP) is -5.34. The summed E-state index contributed by atoms with van der Waals surface area (Å²) in [6.07, 6.45) is 0. The molecule has 17 heavy (non-hydrogen) atoms. The molecule has 0 radical (unpaired) electrons. The van der Waals surface area contributed by atoms with Crippen molar-refractivity contribution in [3.63, 3.8) is 0 Å². The molecule has 1 aromatic carbocycles. The van der Waals surface area contributed by atoms with E-state index in [0.29, 0.717) is 0 Å². The van der Waals surface area contributed by atoms with Gasteiger partial charge in [-0.15, -0.1) is 0 Å². The summed E-state index contributed by atoms with van der Waals surface area (Å²) < 4.78 is 30.5. The third kappa shape index (κ3) is 3.51. The molecular weight excluding hydrogens is 263 g/mol. The van der Waals surface area contributed by atoms with Gasteiger partial charge in [-0.2, -0.15) is 8.42 Å². The summed E-state index contributed by atoms with van der Waals surface area (Å²) in [4.78, 5) is 19.8. The second-order valence-corrected chi connectivity index (χ2v) is 4.09. The number of carboxylic acids is 2. The van der Waals surface area contributed by atoms with Crippen LogP contribution in [0.4, 0.5) is 0 Å². The first kappa shape index (κ1) is 16.1. The Bertz CT molecular complexity index is 531. The second-order valence-electron chi connectivity index (χ2n) is 2.73. The van der Waals surface area contributed by atoms with Crippen LogP contribution in [0.15, 0.2) is 23.1 Å². The molecule has 7 nitrogen and oxygen atoms in total. The molecule has 0 heterocycles. The van der Waals surface area contributed by atoms with Gasteiger partial charge in [0.2, 0.25) is 0 Å². The third-order valence-corrected chi connectivity index (χ3v) is 2.67. The number of aromatic carboxylic acids is 2. The Labute approximate surface area is 118 Å². The number of rotatable bonds is 3. The summed E-state index contributed by atoms with van der Waals surface area (Å²) in [7, 11) is -5.00. The summed E-state index contributed by atoms with van der Waals surface area (Å²) in [6, 6.07) is 2.58. The van der Waals surface area contributed by atoms with Gasteiger partial charge in [0.05, 0.1) is 11.9 Å². The van der Waals surface area contributed by atoms with E-state index in [1.807, 2.05) is 0 Å². The molecule has 0 saturated carbocycles. The van der Waals surface area contributed by atoms with E-state index in [9.17, 15) is 28.2 Å². The average Bonchev–Trinajstić information content (AvgIpc) is 2.15. The van der Waals surface area contributed by atoms with E-state index in [1.54, 1.807) is 0 Å². The van der Waals surface area contributed by atoms with Gasteiger partial charge in [0.25, 0.3) is 10.1 Å². The minimum absolute atomic E-state index is 0. The van der Waals surface area contributed by atoms with Crippen LogP contribution in [0, 0.1) is 0 Å². The first-order chi connectivity index (χ1) is 7.25. The maximum atomic E-state index is 10.9. The molecule has 0 aliphatic rings. The number of hydrogen-bond acceptors (Lipinski definition) is 6. The van der Waals surface area contributed by atoms with Crippen molar-refractivity contribution in [3.8, 4) is 0 Å². The van der Waals surface area contributed by atoms with Crippen LogP contribution in [0.3, 0.4) is 0 Å². The Balaban J connectivity index is 0.00000256. The fourth-order valence-electron chi connectivity index (χ4n) is 1.14. The third-order valence-electron chi connectivity index (χ3n) is 1.71. The molecule has 1 N–H and O–H groups in total. The number of carbonyl (C=O) groups excluding carboxylic acids is 2. The summed E-state index contributed by atoms with van der Waals surface area (Å²) >= 11 is 0. The van der Waals surface area contributed by atoms with Gasteiger partial charge in [-0.1, -0.05) is 18.2 Å². The number of hydrogen-bond donors (Lipinski definition) is 1. The number of carbonyl (C=O) groups is 2. The van der Waals surface area contributed by atoms with Gasteiger partial charge in [-0.05, 0) is 0 Å². The normalized spacial score (nSPS) is 10.4. The quantitative estimate of drug-likeness (QED) is 0.426. The first-order valence-corrected chi connectivity index (χ1v) is 5.22. The largest absolute Gasteiger partial charge is 1.00 e. The van der Waals surface area contributed by atoms with Gasteiger partial charge in [0.15, 0.2) is 0 Å². The van der Waals surface area contributed by atoms with Crippen LogP contribution in [0.1, 0.15) is 20.7 Å². The summed E-state index contributed by atoms with van der Waals surface area (Å²) in [5.74, 6) is -3.84. The van der Waals surface area contributed by atoms with Crippen molar-refractivity contribution in [1.82, 2.24) is 0 Å². The van der Waals surface area contributed by atoms with Crippen molar-refractivity contribution >= 4 is 22.1 Å². The minimum Gasteiger partial charge on any atom is -0.545 e. The molecule has 0 aromatic heterocycles. The van der Waals surface area contributed by atoms with E-state index in [0.717, 1.165) is 18.2 Å². The van der Waals surface area contributed by atoms with Crippen molar-refractivity contribution in [2.24, 2.45) is 0 Å². The summed E-state index contributed by atoms with van der Waals surface area (Å²) in [5.41, 5.74) is -1.88. The van der Waals surface area contributed by atoms with Crippen LogP contribution in [-0.4, -0.2) is 24.9 Å². The molecule has 0 bridgehead atoms. The smallest absolute Gasteiger partial charge is 0.545 e. The van der Waals surface area contributed by atoms with Crippen molar-refractivity contribution in [3.05, 3.63) is 29.3 Å². The fourth-order valence-corrected chi connectivity index (χ4v) is 1.99. The predicted molar refractivity (Wildman–Crippen MR) is 44.9 cm³/mol.